The summed E-state index contributed by atoms with van der Waals surface area (Å²) in [5, 5.41) is 20.0. The van der Waals surface area contributed by atoms with Crippen LogP contribution in [0.15, 0.2) is 60.7 Å². The number of benzene rings is 3. The molecule has 0 aromatic heterocycles. The highest BCUT2D eigenvalue weighted by atomic mass is 16.3. The molecule has 3 rings (SSSR count). The van der Waals surface area contributed by atoms with Crippen LogP contribution in [0.5, 0.6) is 0 Å². The molecule has 0 spiro atoms. The van der Waals surface area contributed by atoms with Crippen molar-refractivity contribution in [1.29, 1.82) is 0 Å². The maximum absolute atomic E-state index is 10.00. The van der Waals surface area contributed by atoms with Gasteiger partial charge in [-0.15, -0.1) is 0 Å². The highest BCUT2D eigenvalue weighted by Gasteiger charge is 2.25. The van der Waals surface area contributed by atoms with Gasteiger partial charge in [0.2, 0.25) is 0 Å². The normalized spacial score (nSPS) is 13.2. The molecule has 0 aliphatic carbocycles. The SMILES string of the molecule is CC(C)(C)c1cc(Cc2ccc(Cc3cc(C(C)(C)C)cc(C(C)(C)CO)c3)cc2)cc(C(C)(C)CO)c1. The molecule has 0 heterocycles. The fraction of sp³-hybridized carbons (Fsp3) is 0.500. The molecular formula is C36H50O2. The first kappa shape index (κ1) is 30.1. The molecule has 0 radical (unpaired) electrons. The highest BCUT2D eigenvalue weighted by Crippen LogP contribution is 2.33. The van der Waals surface area contributed by atoms with Gasteiger partial charge >= 0.3 is 0 Å². The van der Waals surface area contributed by atoms with Crippen LogP contribution < -0.4 is 0 Å². The van der Waals surface area contributed by atoms with Crippen molar-refractivity contribution in [2.75, 3.05) is 13.2 Å². The van der Waals surface area contributed by atoms with E-state index >= 15 is 0 Å². The van der Waals surface area contributed by atoms with Gasteiger partial charge in [0.25, 0.3) is 0 Å². The molecule has 0 aliphatic heterocycles. The van der Waals surface area contributed by atoms with Gasteiger partial charge in [-0.2, -0.15) is 0 Å². The van der Waals surface area contributed by atoms with Gasteiger partial charge in [-0.05, 0) is 68.2 Å². The van der Waals surface area contributed by atoms with Crippen molar-refractivity contribution in [3.05, 3.63) is 105 Å². The first-order valence-electron chi connectivity index (χ1n) is 14.0. The lowest BCUT2D eigenvalue weighted by atomic mass is 9.78. The third-order valence-corrected chi connectivity index (χ3v) is 7.91. The average Bonchev–Trinajstić information content (AvgIpc) is 2.83. The molecule has 0 atom stereocenters. The predicted molar refractivity (Wildman–Crippen MR) is 163 cm³/mol. The van der Waals surface area contributed by atoms with Gasteiger partial charge < -0.3 is 10.2 Å². The molecule has 0 aliphatic rings. The van der Waals surface area contributed by atoms with Crippen LogP contribution in [0.4, 0.5) is 0 Å². The van der Waals surface area contributed by atoms with Crippen LogP contribution in [0.25, 0.3) is 0 Å². The zero-order valence-corrected chi connectivity index (χ0v) is 25.5. The quantitative estimate of drug-likeness (QED) is 0.320. The first-order chi connectivity index (χ1) is 17.4. The van der Waals surface area contributed by atoms with Crippen molar-refractivity contribution in [1.82, 2.24) is 0 Å². The lowest BCUT2D eigenvalue weighted by Gasteiger charge is -2.28. The Hall–Kier alpha value is -2.42. The summed E-state index contributed by atoms with van der Waals surface area (Å²) in [6.07, 6.45) is 1.74. The molecule has 0 amide bonds. The Morgan fingerprint density at radius 3 is 0.974 bits per heavy atom. The minimum Gasteiger partial charge on any atom is -0.395 e. The van der Waals surface area contributed by atoms with E-state index in [0.717, 1.165) is 12.8 Å². The van der Waals surface area contributed by atoms with E-state index < -0.39 is 0 Å². The fourth-order valence-electron chi connectivity index (χ4n) is 4.66. The van der Waals surface area contributed by atoms with Gasteiger partial charge in [-0.3, -0.25) is 0 Å². The topological polar surface area (TPSA) is 40.5 Å². The second-order valence-electron chi connectivity index (χ2n) is 14.6. The number of hydrogen-bond acceptors (Lipinski definition) is 2. The molecule has 3 aromatic rings. The summed E-state index contributed by atoms with van der Waals surface area (Å²) in [4.78, 5) is 0. The van der Waals surface area contributed by atoms with Crippen molar-refractivity contribution in [3.63, 3.8) is 0 Å². The number of aliphatic hydroxyl groups is 2. The lowest BCUT2D eigenvalue weighted by Crippen LogP contribution is -2.24. The van der Waals surface area contributed by atoms with Crippen LogP contribution in [0.1, 0.15) is 114 Å². The largest absolute Gasteiger partial charge is 0.395 e. The molecule has 2 nitrogen and oxygen atoms in total. The zero-order valence-electron chi connectivity index (χ0n) is 25.5. The van der Waals surface area contributed by atoms with Crippen molar-refractivity contribution in [3.8, 4) is 0 Å². The van der Waals surface area contributed by atoms with Crippen molar-refractivity contribution >= 4 is 0 Å². The average molecular weight is 515 g/mol. The molecule has 0 bridgehead atoms. The van der Waals surface area contributed by atoms with Gasteiger partial charge in [0.15, 0.2) is 0 Å². The minimum atomic E-state index is -0.273. The Morgan fingerprint density at radius 2 is 0.711 bits per heavy atom. The van der Waals surface area contributed by atoms with E-state index in [1.807, 2.05) is 0 Å². The summed E-state index contributed by atoms with van der Waals surface area (Å²) < 4.78 is 0. The lowest BCUT2D eigenvalue weighted by molar-refractivity contribution is 0.218. The third kappa shape index (κ3) is 7.36. The van der Waals surface area contributed by atoms with Gasteiger partial charge in [0, 0.05) is 10.8 Å². The third-order valence-electron chi connectivity index (χ3n) is 7.91. The van der Waals surface area contributed by atoms with Crippen LogP contribution in [0.3, 0.4) is 0 Å². The maximum atomic E-state index is 10.00. The van der Waals surface area contributed by atoms with Gasteiger partial charge in [-0.25, -0.2) is 0 Å². The molecule has 0 saturated carbocycles. The Kier molecular flexibility index (Phi) is 8.71. The van der Waals surface area contributed by atoms with Crippen LogP contribution in [-0.4, -0.2) is 23.4 Å². The van der Waals surface area contributed by atoms with Crippen molar-refractivity contribution < 1.29 is 10.2 Å². The number of rotatable bonds is 8. The van der Waals surface area contributed by atoms with Crippen LogP contribution >= 0.6 is 0 Å². The minimum absolute atomic E-state index is 0.0468. The molecule has 0 unspecified atom stereocenters. The first-order valence-corrected chi connectivity index (χ1v) is 14.0. The van der Waals surface area contributed by atoms with Gasteiger partial charge in [0.1, 0.15) is 0 Å². The second-order valence-corrected chi connectivity index (χ2v) is 14.6. The van der Waals surface area contributed by atoms with E-state index in [1.165, 1.54) is 44.5 Å². The molecule has 0 fully saturated rings. The summed E-state index contributed by atoms with van der Waals surface area (Å²) in [6, 6.07) is 22.7. The van der Waals surface area contributed by atoms with Crippen LogP contribution in [0.2, 0.25) is 0 Å². The van der Waals surface area contributed by atoms with Gasteiger partial charge in [-0.1, -0.05) is 130 Å². The molecule has 0 saturated heterocycles. The zero-order chi connectivity index (χ0) is 28.5. The second kappa shape index (κ2) is 11.0. The smallest absolute Gasteiger partial charge is 0.0522 e. The predicted octanol–water partition coefficient (Wildman–Crippen LogP) is 8.00. The Morgan fingerprint density at radius 1 is 0.421 bits per heavy atom. The van der Waals surface area contributed by atoms with Crippen molar-refractivity contribution in [2.24, 2.45) is 0 Å². The molecule has 3 aromatic carbocycles. The number of aliphatic hydroxyl groups excluding tert-OH is 2. The standard InChI is InChI=1S/C36H50O2/c1-33(2,3)29-17-27(19-31(21-29)35(7,8)23-37)15-25-11-13-26(14-12-25)16-28-18-30(34(4,5)6)22-32(20-28)36(9,10)24-38/h11-14,17-22,37-38H,15-16,23-24H2,1-10H3. The Balaban J connectivity index is 1.89. The Labute approximate surface area is 232 Å². The van der Waals surface area contributed by atoms with E-state index in [4.69, 9.17) is 0 Å². The monoisotopic (exact) mass is 514 g/mol. The summed E-state index contributed by atoms with van der Waals surface area (Å²) in [6.45, 7) is 22.2. The van der Waals surface area contributed by atoms with E-state index in [2.05, 4.69) is 130 Å². The molecule has 38 heavy (non-hydrogen) atoms. The van der Waals surface area contributed by atoms with Crippen molar-refractivity contribution in [2.45, 2.75) is 104 Å². The Bertz CT molecular complexity index is 1130. The van der Waals surface area contributed by atoms with E-state index in [0.29, 0.717) is 0 Å². The number of hydrogen-bond donors (Lipinski definition) is 2. The summed E-state index contributed by atoms with van der Waals surface area (Å²) in [7, 11) is 0. The summed E-state index contributed by atoms with van der Waals surface area (Å²) in [5.74, 6) is 0. The van der Waals surface area contributed by atoms with E-state index in [9.17, 15) is 10.2 Å². The van der Waals surface area contributed by atoms with Gasteiger partial charge in [0.05, 0.1) is 13.2 Å². The fourth-order valence-corrected chi connectivity index (χ4v) is 4.66. The van der Waals surface area contributed by atoms with Crippen LogP contribution in [0, 0.1) is 0 Å². The van der Waals surface area contributed by atoms with E-state index in [1.54, 1.807) is 0 Å². The molecular weight excluding hydrogens is 464 g/mol. The van der Waals surface area contributed by atoms with E-state index in [-0.39, 0.29) is 34.9 Å². The highest BCUT2D eigenvalue weighted by molar-refractivity contribution is 5.42. The summed E-state index contributed by atoms with van der Waals surface area (Å²) in [5.41, 5.74) is 9.71. The molecule has 2 heteroatoms. The maximum Gasteiger partial charge on any atom is 0.0522 e. The molecule has 2 N–H and O–H groups in total. The van der Waals surface area contributed by atoms with Crippen LogP contribution in [-0.2, 0) is 34.5 Å². The molecule has 206 valence electrons. The summed E-state index contributed by atoms with van der Waals surface area (Å²) >= 11 is 0.